The summed E-state index contributed by atoms with van der Waals surface area (Å²) < 4.78 is 0. The molecule has 2 aliphatic heterocycles. The lowest BCUT2D eigenvalue weighted by Crippen LogP contribution is -2.64. The number of amides is 4. The van der Waals surface area contributed by atoms with Crippen LogP contribution in [0.3, 0.4) is 0 Å². The van der Waals surface area contributed by atoms with Gasteiger partial charge < -0.3 is 26.0 Å². The Morgan fingerprint density at radius 3 is 2.81 bits per heavy atom. The molecule has 2 aliphatic rings. The average molecular weight is 401 g/mol. The molecule has 2 fully saturated rings. The fraction of sp³-hybridized carbons (Fsp3) is 0.438. The normalized spacial score (nSPS) is 26.2. The first-order valence-electron chi connectivity index (χ1n) is 8.07. The molecule has 0 unspecified atom stereocenters. The van der Waals surface area contributed by atoms with Gasteiger partial charge in [0.1, 0.15) is 12.1 Å². The quantitative estimate of drug-likeness (QED) is 0.605. The molecule has 26 heavy (non-hydrogen) atoms. The minimum atomic E-state index is -0.993. The van der Waals surface area contributed by atoms with Gasteiger partial charge in [0.25, 0.3) is 0 Å². The molecule has 4 amide bonds. The van der Waals surface area contributed by atoms with Gasteiger partial charge in [-0.05, 0) is 31.5 Å². The Morgan fingerprint density at radius 2 is 2.12 bits per heavy atom. The summed E-state index contributed by atoms with van der Waals surface area (Å²) in [5.74, 6) is -0.690. The van der Waals surface area contributed by atoms with Gasteiger partial charge in [0.2, 0.25) is 11.8 Å². The minimum absolute atomic E-state index is 0.191. The van der Waals surface area contributed by atoms with E-state index in [-0.39, 0.29) is 18.4 Å². The molecular formula is C16H18Cl2N4O4. The highest BCUT2D eigenvalue weighted by atomic mass is 35.5. The molecule has 0 saturated carbocycles. The number of aliphatic hydroxyl groups is 1. The van der Waals surface area contributed by atoms with Gasteiger partial charge in [0, 0.05) is 11.6 Å². The van der Waals surface area contributed by atoms with Crippen molar-refractivity contribution in [1.82, 2.24) is 15.5 Å². The van der Waals surface area contributed by atoms with Crippen LogP contribution in [-0.2, 0) is 9.59 Å². The summed E-state index contributed by atoms with van der Waals surface area (Å²) >= 11 is 11.9. The van der Waals surface area contributed by atoms with E-state index in [0.29, 0.717) is 22.2 Å². The number of carbonyl (C=O) groups excluding carboxylic acids is 3. The van der Waals surface area contributed by atoms with Crippen LogP contribution < -0.4 is 16.0 Å². The molecule has 0 radical (unpaired) electrons. The molecule has 1 aromatic rings. The van der Waals surface area contributed by atoms with E-state index in [1.165, 1.54) is 17.9 Å². The lowest BCUT2D eigenvalue weighted by atomic mass is 10.0. The molecule has 4 atom stereocenters. The SMILES string of the molecule is C[C@@H](O)[C@@H]1NC(=O)[C@@H]2C[C@H](NC(=O)Nc3cc(Cl)ccc3Cl)CN2C1=O. The first kappa shape index (κ1) is 18.8. The number of aliphatic hydroxyl groups excluding tert-OH is 1. The van der Waals surface area contributed by atoms with Gasteiger partial charge in [0.15, 0.2) is 0 Å². The van der Waals surface area contributed by atoms with Crippen LogP contribution in [0, 0.1) is 0 Å². The number of halogens is 2. The lowest BCUT2D eigenvalue weighted by Gasteiger charge is -2.35. The number of piperazine rings is 1. The van der Waals surface area contributed by atoms with Crippen LogP contribution in [0.15, 0.2) is 18.2 Å². The molecule has 0 spiro atoms. The highest BCUT2D eigenvalue weighted by Gasteiger charge is 2.47. The Bertz CT molecular complexity index is 758. The summed E-state index contributed by atoms with van der Waals surface area (Å²) in [6, 6.07) is 2.15. The number of fused-ring (bicyclic) bond motifs is 1. The summed E-state index contributed by atoms with van der Waals surface area (Å²) in [4.78, 5) is 38.2. The molecule has 140 valence electrons. The van der Waals surface area contributed by atoms with Crippen LogP contribution in [0.2, 0.25) is 10.0 Å². The zero-order chi connectivity index (χ0) is 19.0. The lowest BCUT2D eigenvalue weighted by molar-refractivity contribution is -0.149. The Balaban J connectivity index is 1.64. The number of carbonyl (C=O) groups is 3. The van der Waals surface area contributed by atoms with Crippen molar-refractivity contribution in [2.45, 2.75) is 37.6 Å². The third-order valence-electron chi connectivity index (χ3n) is 4.44. The molecule has 10 heteroatoms. The second kappa shape index (κ2) is 7.30. The van der Waals surface area contributed by atoms with Crippen molar-refractivity contribution < 1.29 is 19.5 Å². The van der Waals surface area contributed by atoms with Crippen LogP contribution in [0.25, 0.3) is 0 Å². The van der Waals surface area contributed by atoms with Crippen LogP contribution in [0.5, 0.6) is 0 Å². The van der Waals surface area contributed by atoms with E-state index >= 15 is 0 Å². The molecule has 0 bridgehead atoms. The number of hydrogen-bond acceptors (Lipinski definition) is 4. The second-order valence-electron chi connectivity index (χ2n) is 6.39. The summed E-state index contributed by atoms with van der Waals surface area (Å²) in [6.07, 6.45) is -0.700. The number of anilines is 1. The molecule has 0 aliphatic carbocycles. The van der Waals surface area contributed by atoms with Gasteiger partial charge in [0.05, 0.1) is 22.9 Å². The molecule has 1 aromatic carbocycles. The molecule has 3 rings (SSSR count). The van der Waals surface area contributed by atoms with Crippen molar-refractivity contribution in [3.63, 3.8) is 0 Å². The van der Waals surface area contributed by atoms with E-state index < -0.39 is 30.3 Å². The van der Waals surface area contributed by atoms with E-state index in [9.17, 15) is 19.5 Å². The number of nitrogens with zero attached hydrogens (tertiary/aromatic N) is 1. The summed E-state index contributed by atoms with van der Waals surface area (Å²) in [7, 11) is 0. The van der Waals surface area contributed by atoms with Crippen molar-refractivity contribution in [2.75, 3.05) is 11.9 Å². The van der Waals surface area contributed by atoms with Gasteiger partial charge in [-0.2, -0.15) is 0 Å². The topological polar surface area (TPSA) is 111 Å². The fourth-order valence-electron chi connectivity index (χ4n) is 3.19. The maximum absolute atomic E-state index is 12.4. The molecular weight excluding hydrogens is 383 g/mol. The van der Waals surface area contributed by atoms with Gasteiger partial charge in [-0.1, -0.05) is 23.2 Å². The van der Waals surface area contributed by atoms with Crippen LogP contribution in [0.1, 0.15) is 13.3 Å². The second-order valence-corrected chi connectivity index (χ2v) is 7.23. The number of hydrogen-bond donors (Lipinski definition) is 4. The number of benzene rings is 1. The number of urea groups is 1. The van der Waals surface area contributed by atoms with Crippen molar-refractivity contribution >= 4 is 46.7 Å². The summed E-state index contributed by atoms with van der Waals surface area (Å²) in [5, 5.41) is 18.3. The van der Waals surface area contributed by atoms with Crippen LogP contribution in [0.4, 0.5) is 10.5 Å². The first-order chi connectivity index (χ1) is 12.3. The Kier molecular flexibility index (Phi) is 5.27. The number of nitrogens with one attached hydrogen (secondary N) is 3. The van der Waals surface area contributed by atoms with Crippen molar-refractivity contribution in [3.05, 3.63) is 28.2 Å². The third-order valence-corrected chi connectivity index (χ3v) is 5.01. The third kappa shape index (κ3) is 3.72. The summed E-state index contributed by atoms with van der Waals surface area (Å²) in [5.41, 5.74) is 0.357. The molecule has 2 saturated heterocycles. The van der Waals surface area contributed by atoms with Gasteiger partial charge in [-0.25, -0.2) is 4.79 Å². The van der Waals surface area contributed by atoms with Crippen molar-refractivity contribution in [2.24, 2.45) is 0 Å². The molecule has 4 N–H and O–H groups in total. The first-order valence-corrected chi connectivity index (χ1v) is 8.83. The Hall–Kier alpha value is -2.03. The van der Waals surface area contributed by atoms with E-state index in [4.69, 9.17) is 23.2 Å². The van der Waals surface area contributed by atoms with E-state index in [1.54, 1.807) is 12.1 Å². The van der Waals surface area contributed by atoms with Crippen LogP contribution in [-0.4, -0.2) is 58.6 Å². The van der Waals surface area contributed by atoms with E-state index in [1.807, 2.05) is 0 Å². The highest BCUT2D eigenvalue weighted by Crippen LogP contribution is 2.26. The maximum Gasteiger partial charge on any atom is 0.319 e. The molecule has 2 heterocycles. The smallest absolute Gasteiger partial charge is 0.319 e. The zero-order valence-corrected chi connectivity index (χ0v) is 15.3. The van der Waals surface area contributed by atoms with Crippen LogP contribution >= 0.6 is 23.2 Å². The van der Waals surface area contributed by atoms with Gasteiger partial charge in [-0.15, -0.1) is 0 Å². The monoisotopic (exact) mass is 400 g/mol. The fourth-order valence-corrected chi connectivity index (χ4v) is 3.52. The maximum atomic E-state index is 12.4. The molecule has 8 nitrogen and oxygen atoms in total. The molecule has 0 aromatic heterocycles. The Morgan fingerprint density at radius 1 is 1.38 bits per heavy atom. The summed E-state index contributed by atoms with van der Waals surface area (Å²) in [6.45, 7) is 1.63. The van der Waals surface area contributed by atoms with E-state index in [2.05, 4.69) is 16.0 Å². The largest absolute Gasteiger partial charge is 0.391 e. The zero-order valence-electron chi connectivity index (χ0n) is 13.8. The predicted molar refractivity (Wildman–Crippen MR) is 96.1 cm³/mol. The van der Waals surface area contributed by atoms with Gasteiger partial charge >= 0.3 is 6.03 Å². The standard InChI is InChI=1S/C16H18Cl2N4O4/c1-7(23)13-15(25)22-6-9(5-12(22)14(24)21-13)19-16(26)20-11-4-8(17)2-3-10(11)18/h2-4,7,9,12-13,23H,5-6H2,1H3,(H,21,24)(H2,19,20,26)/t7-,9+,12+,13+/m1/s1. The minimum Gasteiger partial charge on any atom is -0.391 e. The van der Waals surface area contributed by atoms with Crippen molar-refractivity contribution in [1.29, 1.82) is 0 Å². The Labute approximate surface area is 159 Å². The van der Waals surface area contributed by atoms with Crippen molar-refractivity contribution in [3.8, 4) is 0 Å². The number of rotatable bonds is 3. The predicted octanol–water partition coefficient (Wildman–Crippen LogP) is 0.964. The highest BCUT2D eigenvalue weighted by molar-refractivity contribution is 6.35. The average Bonchev–Trinajstić information content (AvgIpc) is 2.98. The van der Waals surface area contributed by atoms with E-state index in [0.717, 1.165) is 0 Å². The van der Waals surface area contributed by atoms with Gasteiger partial charge in [-0.3, -0.25) is 9.59 Å².